The van der Waals surface area contributed by atoms with Gasteiger partial charge in [-0.15, -0.1) is 11.3 Å². The topological polar surface area (TPSA) is 68.3 Å². The van der Waals surface area contributed by atoms with Gasteiger partial charge < -0.3 is 10.1 Å². The van der Waals surface area contributed by atoms with E-state index in [1.807, 2.05) is 37.3 Å². The molecule has 2 heterocycles. The van der Waals surface area contributed by atoms with Crippen molar-refractivity contribution in [2.24, 2.45) is 11.3 Å². The molecule has 0 saturated carbocycles. The predicted octanol–water partition coefficient (Wildman–Crippen LogP) is 9.16. The monoisotopic (exact) mass is 594 g/mol. The van der Waals surface area contributed by atoms with Crippen LogP contribution >= 0.6 is 34.5 Å². The van der Waals surface area contributed by atoms with Gasteiger partial charge in [0.2, 0.25) is 0 Å². The van der Waals surface area contributed by atoms with Crippen LogP contribution in [0.5, 0.6) is 0 Å². The van der Waals surface area contributed by atoms with Gasteiger partial charge in [-0.05, 0) is 72.9 Å². The van der Waals surface area contributed by atoms with E-state index in [2.05, 4.69) is 26.1 Å². The fourth-order valence-corrected chi connectivity index (χ4v) is 7.47. The van der Waals surface area contributed by atoms with Gasteiger partial charge in [-0.2, -0.15) is 0 Å². The van der Waals surface area contributed by atoms with Crippen LogP contribution in [0.15, 0.2) is 42.5 Å². The Bertz CT molecular complexity index is 1640. The maximum absolute atomic E-state index is 14.1. The van der Waals surface area contributed by atoms with Crippen LogP contribution in [0.3, 0.4) is 0 Å². The Morgan fingerprint density at radius 1 is 1.15 bits per heavy atom. The smallest absolute Gasteiger partial charge is 0.341 e. The zero-order valence-electron chi connectivity index (χ0n) is 23.3. The Morgan fingerprint density at radius 2 is 1.90 bits per heavy atom. The second kappa shape index (κ2) is 11.2. The molecule has 0 fully saturated rings. The van der Waals surface area contributed by atoms with Crippen molar-refractivity contribution >= 4 is 62.3 Å². The lowest BCUT2D eigenvalue weighted by Crippen LogP contribution is -2.28. The number of para-hydroxylation sites is 1. The number of aromatic nitrogens is 1. The van der Waals surface area contributed by atoms with Crippen molar-refractivity contribution < 1.29 is 14.3 Å². The van der Waals surface area contributed by atoms with E-state index < -0.39 is 5.97 Å². The Balaban J connectivity index is 1.60. The second-order valence-corrected chi connectivity index (χ2v) is 13.0. The molecule has 1 aliphatic rings. The molecule has 0 saturated heterocycles. The SMILES string of the molecule is CCC(C)(C)[C@@H]1CCc2c(sc(NC(=O)c3c(C)c(-c4ccc(Cl)cc4Cl)nc4ccccc34)c2C(=O)OC)C1. The summed E-state index contributed by atoms with van der Waals surface area (Å²) in [6.07, 6.45) is 3.76. The Hall–Kier alpha value is -2.93. The van der Waals surface area contributed by atoms with Crippen LogP contribution in [0.25, 0.3) is 22.2 Å². The van der Waals surface area contributed by atoms with E-state index in [0.29, 0.717) is 54.4 Å². The fraction of sp³-hybridized carbons (Fsp3) is 0.344. The number of fused-ring (bicyclic) bond motifs is 2. The minimum Gasteiger partial charge on any atom is -0.465 e. The Kier molecular flexibility index (Phi) is 7.97. The molecule has 4 aromatic rings. The molecule has 0 radical (unpaired) electrons. The van der Waals surface area contributed by atoms with Crippen LogP contribution < -0.4 is 5.32 Å². The molecule has 0 unspecified atom stereocenters. The zero-order chi connectivity index (χ0) is 28.8. The van der Waals surface area contributed by atoms with E-state index in [0.717, 1.165) is 41.5 Å². The summed E-state index contributed by atoms with van der Waals surface area (Å²) < 4.78 is 5.18. The molecule has 208 valence electrons. The molecular formula is C32H32Cl2N2O3S. The van der Waals surface area contributed by atoms with E-state index in [4.69, 9.17) is 32.9 Å². The van der Waals surface area contributed by atoms with Crippen molar-refractivity contribution in [3.05, 3.63) is 79.6 Å². The number of carbonyl (C=O) groups is 2. The lowest BCUT2D eigenvalue weighted by atomic mass is 9.69. The Morgan fingerprint density at radius 3 is 2.60 bits per heavy atom. The number of nitrogens with one attached hydrogen (secondary N) is 1. The highest BCUT2D eigenvalue weighted by Gasteiger charge is 2.36. The van der Waals surface area contributed by atoms with Gasteiger partial charge in [-0.3, -0.25) is 4.79 Å². The van der Waals surface area contributed by atoms with Crippen LogP contribution in [0.2, 0.25) is 10.0 Å². The summed E-state index contributed by atoms with van der Waals surface area (Å²) >= 11 is 14.2. The van der Waals surface area contributed by atoms with Crippen molar-refractivity contribution in [1.82, 2.24) is 4.98 Å². The quantitative estimate of drug-likeness (QED) is 0.226. The van der Waals surface area contributed by atoms with E-state index in [1.54, 1.807) is 12.1 Å². The number of esters is 1. The number of halogens is 2. The molecule has 1 amide bonds. The third-order valence-corrected chi connectivity index (χ3v) is 10.2. The normalized spacial score (nSPS) is 15.1. The van der Waals surface area contributed by atoms with Gasteiger partial charge in [0.1, 0.15) is 5.00 Å². The van der Waals surface area contributed by atoms with E-state index in [1.165, 1.54) is 18.4 Å². The summed E-state index contributed by atoms with van der Waals surface area (Å²) in [4.78, 5) is 33.1. The van der Waals surface area contributed by atoms with Crippen LogP contribution in [-0.2, 0) is 17.6 Å². The molecule has 2 aromatic carbocycles. The van der Waals surface area contributed by atoms with Gasteiger partial charge in [0.05, 0.1) is 34.5 Å². The summed E-state index contributed by atoms with van der Waals surface area (Å²) in [5.41, 5.74) is 4.81. The third-order valence-electron chi connectivity index (χ3n) is 8.45. The minimum absolute atomic E-state index is 0.197. The highest BCUT2D eigenvalue weighted by atomic mass is 35.5. The number of anilines is 1. The second-order valence-electron chi connectivity index (χ2n) is 11.0. The Labute approximate surface area is 248 Å². The number of nitrogens with zero attached hydrogens (tertiary/aromatic N) is 1. The van der Waals surface area contributed by atoms with Crippen molar-refractivity contribution in [3.8, 4) is 11.3 Å². The molecule has 1 N–H and O–H groups in total. The van der Waals surface area contributed by atoms with Gasteiger partial charge in [0.15, 0.2) is 0 Å². The number of pyridine rings is 1. The van der Waals surface area contributed by atoms with Gasteiger partial charge in [0, 0.05) is 20.8 Å². The van der Waals surface area contributed by atoms with Gasteiger partial charge in [-0.25, -0.2) is 9.78 Å². The van der Waals surface area contributed by atoms with E-state index in [-0.39, 0.29) is 11.3 Å². The van der Waals surface area contributed by atoms with Gasteiger partial charge >= 0.3 is 5.97 Å². The lowest BCUT2D eigenvalue weighted by molar-refractivity contribution is 0.0600. The number of benzene rings is 2. The first kappa shape index (κ1) is 28.6. The molecule has 1 atom stereocenters. The average molecular weight is 596 g/mol. The lowest BCUT2D eigenvalue weighted by Gasteiger charge is -2.36. The van der Waals surface area contributed by atoms with Crippen LogP contribution in [0.4, 0.5) is 5.00 Å². The number of methoxy groups -OCH3 is 1. The van der Waals surface area contributed by atoms with Gasteiger partial charge in [-0.1, -0.05) is 68.6 Å². The number of hydrogen-bond acceptors (Lipinski definition) is 5. The first-order chi connectivity index (χ1) is 19.1. The van der Waals surface area contributed by atoms with Crippen LogP contribution in [-0.4, -0.2) is 24.0 Å². The largest absolute Gasteiger partial charge is 0.465 e. The predicted molar refractivity (Wildman–Crippen MR) is 165 cm³/mol. The van der Waals surface area contributed by atoms with Crippen molar-refractivity contribution in [2.45, 2.75) is 53.4 Å². The first-order valence-electron chi connectivity index (χ1n) is 13.4. The maximum Gasteiger partial charge on any atom is 0.341 e. The standard InChI is InChI=1S/C32H32Cl2N2O3S/c1-6-32(3,4)18-11-13-22-25(15-18)40-30(27(22)31(38)39-5)36-29(37)26-17(2)28(20-14-12-19(33)16-23(20)34)35-24-10-8-7-9-21(24)26/h7-10,12,14,16,18H,6,11,13,15H2,1-5H3,(H,36,37)/t18-/m1/s1. The van der Waals surface area contributed by atoms with Gasteiger partial charge in [0.25, 0.3) is 5.91 Å². The molecule has 0 spiro atoms. The van der Waals surface area contributed by atoms with Crippen LogP contribution in [0, 0.1) is 18.3 Å². The molecular weight excluding hydrogens is 563 g/mol. The summed E-state index contributed by atoms with van der Waals surface area (Å²) in [6.45, 7) is 8.71. The number of carbonyl (C=O) groups excluding carboxylic acids is 2. The number of thiophene rings is 1. The molecule has 2 aromatic heterocycles. The van der Waals surface area contributed by atoms with Crippen LogP contribution in [0.1, 0.15) is 70.3 Å². The average Bonchev–Trinajstić information content (AvgIpc) is 3.29. The maximum atomic E-state index is 14.1. The van der Waals surface area contributed by atoms with Crippen molar-refractivity contribution in [3.63, 3.8) is 0 Å². The summed E-state index contributed by atoms with van der Waals surface area (Å²) in [7, 11) is 1.38. The molecule has 8 heteroatoms. The molecule has 0 aliphatic heterocycles. The number of rotatable bonds is 6. The summed E-state index contributed by atoms with van der Waals surface area (Å²) in [5.74, 6) is -0.224. The highest BCUT2D eigenvalue weighted by molar-refractivity contribution is 7.17. The molecule has 1 aliphatic carbocycles. The number of amides is 1. The van der Waals surface area contributed by atoms with E-state index >= 15 is 0 Å². The fourth-order valence-electron chi connectivity index (χ4n) is 5.66. The molecule has 0 bridgehead atoms. The first-order valence-corrected chi connectivity index (χ1v) is 15.0. The minimum atomic E-state index is -0.425. The number of hydrogen-bond donors (Lipinski definition) is 1. The summed E-state index contributed by atoms with van der Waals surface area (Å²) in [5, 5.41) is 5.32. The number of ether oxygens (including phenoxy) is 1. The highest BCUT2D eigenvalue weighted by Crippen LogP contribution is 2.46. The van der Waals surface area contributed by atoms with Crippen molar-refractivity contribution in [2.75, 3.05) is 12.4 Å². The summed E-state index contributed by atoms with van der Waals surface area (Å²) in [6, 6.07) is 12.8. The molecule has 40 heavy (non-hydrogen) atoms. The van der Waals surface area contributed by atoms with E-state index in [9.17, 15) is 9.59 Å². The molecule has 5 rings (SSSR count). The molecule has 5 nitrogen and oxygen atoms in total. The zero-order valence-corrected chi connectivity index (χ0v) is 25.6. The third kappa shape index (κ3) is 5.13. The van der Waals surface area contributed by atoms with Crippen molar-refractivity contribution in [1.29, 1.82) is 0 Å².